The number of nitrogens with two attached hydrogens (primary N) is 1. The van der Waals surface area contributed by atoms with Gasteiger partial charge in [-0.15, -0.1) is 0 Å². The van der Waals surface area contributed by atoms with Gasteiger partial charge in [0.2, 0.25) is 11.3 Å². The molecule has 0 saturated carbocycles. The first kappa shape index (κ1) is 53.7. The fourth-order valence-electron chi connectivity index (χ4n) is 9.85. The van der Waals surface area contributed by atoms with Crippen LogP contribution in [0.4, 0.5) is 11.5 Å². The van der Waals surface area contributed by atoms with E-state index in [1.54, 1.807) is 22.7 Å². The van der Waals surface area contributed by atoms with Gasteiger partial charge >= 0.3 is 23.5 Å². The molecule has 21 nitrogen and oxygen atoms in total. The van der Waals surface area contributed by atoms with Gasteiger partial charge in [0.05, 0.1) is 30.2 Å². The van der Waals surface area contributed by atoms with Gasteiger partial charge in [-0.3, -0.25) is 14.1 Å². The number of ether oxygens (including phenoxy) is 1. The van der Waals surface area contributed by atoms with Crippen LogP contribution in [0.3, 0.4) is 0 Å². The second-order valence-corrected chi connectivity index (χ2v) is 23.3. The molecule has 7 N–H and O–H groups in total. The van der Waals surface area contributed by atoms with E-state index in [9.17, 15) is 33.1 Å². The number of aromatic nitrogens is 3. The molecule has 388 valence electrons. The van der Waals surface area contributed by atoms with Gasteiger partial charge in [0.25, 0.3) is 5.91 Å². The summed E-state index contributed by atoms with van der Waals surface area (Å²) < 4.78 is 57.3. The normalized spacial score (nSPS) is 18.7. The Bertz CT molecular complexity index is 3350. The molecule has 24 heteroatoms. The Hall–Kier alpha value is -5.58. The summed E-state index contributed by atoms with van der Waals surface area (Å²) in [4.78, 5) is 76.6. The lowest BCUT2D eigenvalue weighted by Gasteiger charge is -2.36. The van der Waals surface area contributed by atoms with Crippen LogP contribution in [0.15, 0.2) is 67.1 Å². The predicted molar refractivity (Wildman–Crippen MR) is 273 cm³/mol. The molecule has 73 heavy (non-hydrogen) atoms. The number of hydrogen-bond donors (Lipinski definition) is 6. The fraction of sp³-hybridized carbons (Fsp3) is 0.408. The summed E-state index contributed by atoms with van der Waals surface area (Å²) in [5, 5.41) is 5.68. The van der Waals surface area contributed by atoms with Gasteiger partial charge in [-0.25, -0.2) is 28.2 Å². The number of carbonyl (C=O) groups excluding carboxylic acids is 2. The zero-order valence-electron chi connectivity index (χ0n) is 41.3. The Morgan fingerprint density at radius 3 is 2.49 bits per heavy atom. The summed E-state index contributed by atoms with van der Waals surface area (Å²) in [5.74, 6) is 5.70. The molecule has 2 unspecified atom stereocenters. The van der Waals surface area contributed by atoms with Crippen molar-refractivity contribution < 1.29 is 60.7 Å². The Morgan fingerprint density at radius 1 is 0.986 bits per heavy atom. The largest absolute Gasteiger partial charge is 0.490 e. The van der Waals surface area contributed by atoms with Crippen LogP contribution in [-0.4, -0.2) is 111 Å². The second-order valence-electron chi connectivity index (χ2n) is 18.9. The lowest BCUT2D eigenvalue weighted by molar-refractivity contribution is -0.121. The molecule has 3 aromatic carbocycles. The molecular formula is C49H60N8O13P3+. The van der Waals surface area contributed by atoms with Crippen LogP contribution in [0.1, 0.15) is 103 Å². The van der Waals surface area contributed by atoms with Crippen molar-refractivity contribution in [3.63, 3.8) is 0 Å². The fourth-order valence-corrected chi connectivity index (χ4v) is 12.9. The molecule has 4 heterocycles. The molecule has 4 atom stereocenters. The number of anilines is 2. The van der Waals surface area contributed by atoms with E-state index in [1.165, 1.54) is 28.4 Å². The zero-order chi connectivity index (χ0) is 52.6. The Kier molecular flexibility index (Phi) is 15.7. The van der Waals surface area contributed by atoms with E-state index in [1.807, 2.05) is 38.4 Å². The van der Waals surface area contributed by atoms with Crippen molar-refractivity contribution in [3.05, 3.63) is 117 Å². The number of phosphoric ester groups is 1. The number of hydrogen-bond acceptors (Lipinski definition) is 13. The monoisotopic (exact) mass is 1060 g/mol. The van der Waals surface area contributed by atoms with E-state index in [0.717, 1.165) is 53.5 Å². The van der Waals surface area contributed by atoms with Gasteiger partial charge in [-0.2, -0.15) is 8.62 Å². The maximum atomic E-state index is 14.5. The first-order valence-corrected chi connectivity index (χ1v) is 28.3. The molecule has 2 aliphatic heterocycles. The average Bonchev–Trinajstić information content (AvgIpc) is 3.96. The second kappa shape index (κ2) is 21.3. The molecule has 0 bridgehead atoms. The Labute approximate surface area is 422 Å². The molecule has 0 spiro atoms. The number of fused-ring (bicyclic) bond motifs is 4. The van der Waals surface area contributed by atoms with Crippen LogP contribution < -0.4 is 31.1 Å². The Morgan fingerprint density at radius 2 is 1.75 bits per heavy atom. The number of aryl methyl sites for hydroxylation is 1. The molecule has 1 saturated heterocycles. The highest BCUT2D eigenvalue weighted by Crippen LogP contribution is 2.66. The highest BCUT2D eigenvalue weighted by molar-refractivity contribution is 7.66. The zero-order valence-corrected chi connectivity index (χ0v) is 44.0. The highest BCUT2D eigenvalue weighted by atomic mass is 31.3. The summed E-state index contributed by atoms with van der Waals surface area (Å²) in [6, 6.07) is 19.2. The van der Waals surface area contributed by atoms with Crippen molar-refractivity contribution in [2.75, 3.05) is 64.6 Å². The van der Waals surface area contributed by atoms with E-state index in [-0.39, 0.29) is 42.4 Å². The van der Waals surface area contributed by atoms with Crippen LogP contribution >= 0.6 is 23.5 Å². The molecule has 2 amide bonds. The SMILES string of the molecule is CC[N+]1=c2cc3c(cc2CCC1)=C(c1ccccc1C(=O)N(C)CCCC(=O)NCC#Cc1cn([C@H]2CC[C@@H](COP(=O)(O)OP(=O)(O)OP(=O)(O)O)O2)c2ncnc(N)c12)c1ccc(N(C)C)cc1C3(C)C. The van der Waals surface area contributed by atoms with Crippen molar-refractivity contribution >= 4 is 63.4 Å². The van der Waals surface area contributed by atoms with Gasteiger partial charge in [-0.1, -0.05) is 50.0 Å². The van der Waals surface area contributed by atoms with Crippen LogP contribution in [0.2, 0.25) is 0 Å². The summed E-state index contributed by atoms with van der Waals surface area (Å²) in [7, 11) is -10.7. The Balaban J connectivity index is 0.919. The quantitative estimate of drug-likeness (QED) is 0.0426. The highest BCUT2D eigenvalue weighted by Gasteiger charge is 2.42. The van der Waals surface area contributed by atoms with Crippen LogP contribution in [0.25, 0.3) is 16.6 Å². The first-order chi connectivity index (χ1) is 34.5. The third-order valence-electron chi connectivity index (χ3n) is 13.4. The van der Waals surface area contributed by atoms with Crippen molar-refractivity contribution in [3.8, 4) is 11.8 Å². The molecular weight excluding hydrogens is 1000 g/mol. The molecule has 2 aromatic heterocycles. The molecule has 8 rings (SSSR count). The lowest BCUT2D eigenvalue weighted by Crippen LogP contribution is -2.43. The number of amides is 2. The molecule has 1 aliphatic carbocycles. The number of nitrogens with one attached hydrogen (secondary N) is 1. The average molecular weight is 1060 g/mol. The number of nitrogens with zero attached hydrogens (tertiary/aromatic N) is 6. The van der Waals surface area contributed by atoms with Crippen molar-refractivity contribution in [2.45, 2.75) is 77.0 Å². The van der Waals surface area contributed by atoms with E-state index in [4.69, 9.17) is 24.8 Å². The molecule has 3 aliphatic rings. The lowest BCUT2D eigenvalue weighted by atomic mass is 9.68. The van der Waals surface area contributed by atoms with E-state index in [0.29, 0.717) is 41.5 Å². The van der Waals surface area contributed by atoms with E-state index >= 15 is 0 Å². The topological polar surface area (TPSA) is 281 Å². The number of benzene rings is 3. The minimum absolute atomic E-state index is 0.00205. The minimum Gasteiger partial charge on any atom is -0.383 e. The molecule has 0 radical (unpaired) electrons. The summed E-state index contributed by atoms with van der Waals surface area (Å²) in [6.07, 6.45) is 4.64. The van der Waals surface area contributed by atoms with E-state index in [2.05, 4.69) is 96.3 Å². The maximum absolute atomic E-state index is 14.5. The number of rotatable bonds is 17. The maximum Gasteiger partial charge on any atom is 0.490 e. The third-order valence-corrected chi connectivity index (χ3v) is 17.2. The number of phosphoric acid groups is 3. The van der Waals surface area contributed by atoms with Crippen LogP contribution in [-0.2, 0) is 48.2 Å². The van der Waals surface area contributed by atoms with Gasteiger partial charge in [0, 0.05) is 75.0 Å². The molecule has 5 aromatic rings. The number of carbonyl (C=O) groups is 2. The minimum atomic E-state index is -5.68. The van der Waals surface area contributed by atoms with Crippen molar-refractivity contribution in [2.24, 2.45) is 0 Å². The van der Waals surface area contributed by atoms with Gasteiger partial charge in [-0.05, 0) is 89.9 Å². The van der Waals surface area contributed by atoms with Crippen LogP contribution in [0.5, 0.6) is 0 Å². The van der Waals surface area contributed by atoms with E-state index < -0.39 is 42.4 Å². The summed E-state index contributed by atoms with van der Waals surface area (Å²) in [5.41, 5.74) is 15.2. The standard InChI is InChI=1S/C49H59N8O13P3/c1-7-56-24-11-14-31-25-38-40(27-41(31)56)49(2,3)39-26-33(54(4)5)18-20-37(39)45(38)35-15-8-9-16-36(35)48(59)55(6)23-12-17-42(58)51-22-10-13-32-28-57(47-44(32)46(50)52-30-53-47)43-21-19-34(68-43)29-67-72(63,64)70-73(65,66)69-71(60,61)62/h8-9,15-16,18,20,25-28,30,34,43H,7,11-12,14,17,19,21-24,29H2,1-6H3,(H6-,50,51,52,53,58,60,61,62,63,64,65,66)/p+1/t34-,43+/m0/s1. The summed E-state index contributed by atoms with van der Waals surface area (Å²) >= 11 is 0. The van der Waals surface area contributed by atoms with Crippen LogP contribution in [0, 0.1) is 11.8 Å². The smallest absolute Gasteiger partial charge is 0.383 e. The first-order valence-electron chi connectivity index (χ1n) is 23.7. The van der Waals surface area contributed by atoms with Crippen molar-refractivity contribution in [1.82, 2.24) is 29.3 Å². The van der Waals surface area contributed by atoms with Gasteiger partial charge < -0.3 is 49.7 Å². The molecule has 1 fully saturated rings. The number of nitrogen functional groups attached to an aromatic ring is 1. The van der Waals surface area contributed by atoms with Gasteiger partial charge in [0.15, 0.2) is 0 Å². The van der Waals surface area contributed by atoms with Crippen molar-refractivity contribution in [1.29, 1.82) is 0 Å². The predicted octanol–water partition coefficient (Wildman–Crippen LogP) is 4.46. The third kappa shape index (κ3) is 11.9. The van der Waals surface area contributed by atoms with Gasteiger partial charge in [0.1, 0.15) is 37.1 Å². The summed E-state index contributed by atoms with van der Waals surface area (Å²) in [6.45, 7) is 8.47.